The molecule has 39 heavy (non-hydrogen) atoms. The monoisotopic (exact) mass is 555 g/mol. The predicted molar refractivity (Wildman–Crippen MR) is 156 cm³/mol. The van der Waals surface area contributed by atoms with E-state index in [0.717, 1.165) is 38.1 Å². The predicted octanol–water partition coefficient (Wildman–Crippen LogP) is 7.31. The van der Waals surface area contributed by atoms with Crippen LogP contribution in [0.2, 0.25) is 5.02 Å². The number of nitrogens with one attached hydrogen (secondary N) is 1. The molecule has 0 radical (unpaired) electrons. The van der Waals surface area contributed by atoms with Gasteiger partial charge in [-0.3, -0.25) is 4.79 Å². The highest BCUT2D eigenvalue weighted by molar-refractivity contribution is 7.20. The summed E-state index contributed by atoms with van der Waals surface area (Å²) in [4.78, 5) is 26.2. The second-order valence-electron chi connectivity index (χ2n) is 9.04. The number of esters is 1. The van der Waals surface area contributed by atoms with Gasteiger partial charge in [-0.1, -0.05) is 78.3 Å². The van der Waals surface area contributed by atoms with Crippen LogP contribution in [-0.4, -0.2) is 25.0 Å². The van der Waals surface area contributed by atoms with Crippen LogP contribution in [-0.2, 0) is 22.6 Å². The third kappa shape index (κ3) is 6.66. The summed E-state index contributed by atoms with van der Waals surface area (Å²) in [6.07, 6.45) is 0.295. The van der Waals surface area contributed by atoms with Gasteiger partial charge in [0.15, 0.2) is 0 Å². The van der Waals surface area contributed by atoms with E-state index in [0.29, 0.717) is 22.9 Å². The normalized spacial score (nSPS) is 11.6. The number of ether oxygens (including phenoxy) is 2. The number of hydrogen-bond donors (Lipinski definition) is 1. The standard InChI is InChI=1S/C32H26ClNO4S/c1-37-32(36)28(17-21-7-15-27(16-8-21)38-20-22-5-3-2-4-6-22)34-31(35)30-19-25-10-9-24(18-29(25)39-30)23-11-13-26(33)14-12-23/h2-16,18-19,28H,17,20H2,1H3,(H,34,35)/t28-/m0/s1. The fourth-order valence-electron chi connectivity index (χ4n) is 4.23. The summed E-state index contributed by atoms with van der Waals surface area (Å²) in [5, 5.41) is 4.50. The number of carbonyl (C=O) groups is 2. The maximum atomic E-state index is 13.2. The van der Waals surface area contributed by atoms with Gasteiger partial charge in [0.05, 0.1) is 12.0 Å². The maximum Gasteiger partial charge on any atom is 0.328 e. The molecule has 0 aliphatic rings. The Morgan fingerprint density at radius 3 is 2.28 bits per heavy atom. The molecule has 0 aliphatic heterocycles. The van der Waals surface area contributed by atoms with Crippen LogP contribution in [0.25, 0.3) is 21.2 Å². The van der Waals surface area contributed by atoms with Gasteiger partial charge < -0.3 is 14.8 Å². The van der Waals surface area contributed by atoms with E-state index in [-0.39, 0.29) is 5.91 Å². The summed E-state index contributed by atoms with van der Waals surface area (Å²) in [6, 6.07) is 32.1. The van der Waals surface area contributed by atoms with Crippen LogP contribution < -0.4 is 10.1 Å². The lowest BCUT2D eigenvalue weighted by Crippen LogP contribution is -2.42. The van der Waals surface area contributed by atoms with E-state index >= 15 is 0 Å². The van der Waals surface area contributed by atoms with Crippen molar-refractivity contribution in [3.05, 3.63) is 124 Å². The Balaban J connectivity index is 1.26. The lowest BCUT2D eigenvalue weighted by Gasteiger charge is -2.16. The van der Waals surface area contributed by atoms with Crippen LogP contribution in [0.4, 0.5) is 0 Å². The minimum absolute atomic E-state index is 0.295. The van der Waals surface area contributed by atoms with Crippen LogP contribution in [0.15, 0.2) is 103 Å². The van der Waals surface area contributed by atoms with Crippen molar-refractivity contribution < 1.29 is 19.1 Å². The maximum absolute atomic E-state index is 13.2. The first-order valence-electron chi connectivity index (χ1n) is 12.4. The molecule has 5 nitrogen and oxygen atoms in total. The van der Waals surface area contributed by atoms with E-state index in [1.165, 1.54) is 18.4 Å². The number of fused-ring (bicyclic) bond motifs is 1. The third-order valence-corrected chi connectivity index (χ3v) is 7.67. The number of rotatable bonds is 9. The second-order valence-corrected chi connectivity index (χ2v) is 10.6. The quantitative estimate of drug-likeness (QED) is 0.194. The lowest BCUT2D eigenvalue weighted by atomic mass is 10.0. The zero-order valence-corrected chi connectivity index (χ0v) is 22.8. The minimum atomic E-state index is -0.826. The topological polar surface area (TPSA) is 64.6 Å². The zero-order valence-electron chi connectivity index (χ0n) is 21.2. The molecule has 0 spiro atoms. The highest BCUT2D eigenvalue weighted by Crippen LogP contribution is 2.31. The Labute approximate surface area is 236 Å². The van der Waals surface area contributed by atoms with Crippen molar-refractivity contribution in [2.24, 2.45) is 0 Å². The van der Waals surface area contributed by atoms with Crippen LogP contribution >= 0.6 is 22.9 Å². The molecule has 196 valence electrons. The summed E-state index contributed by atoms with van der Waals surface area (Å²) >= 11 is 7.40. The average Bonchev–Trinajstić information content (AvgIpc) is 3.41. The fourth-order valence-corrected chi connectivity index (χ4v) is 5.36. The first-order valence-corrected chi connectivity index (χ1v) is 13.6. The molecule has 7 heteroatoms. The Morgan fingerprint density at radius 1 is 0.846 bits per heavy atom. The van der Waals surface area contributed by atoms with Crippen LogP contribution in [0.1, 0.15) is 20.8 Å². The van der Waals surface area contributed by atoms with Gasteiger partial charge in [-0.2, -0.15) is 0 Å². The molecule has 1 heterocycles. The van der Waals surface area contributed by atoms with Crippen molar-refractivity contribution in [2.75, 3.05) is 7.11 Å². The van der Waals surface area contributed by atoms with E-state index in [1.807, 2.05) is 97.1 Å². The van der Waals surface area contributed by atoms with Crippen molar-refractivity contribution in [3.63, 3.8) is 0 Å². The van der Waals surface area contributed by atoms with E-state index < -0.39 is 12.0 Å². The van der Waals surface area contributed by atoms with Gasteiger partial charge in [0.2, 0.25) is 0 Å². The Bertz CT molecular complexity index is 1580. The number of hydrogen-bond acceptors (Lipinski definition) is 5. The van der Waals surface area contributed by atoms with Crippen molar-refractivity contribution in [1.29, 1.82) is 0 Å². The molecular formula is C32H26ClNO4S. The molecule has 1 atom stereocenters. The number of methoxy groups -OCH3 is 1. The highest BCUT2D eigenvalue weighted by Gasteiger charge is 2.24. The molecule has 5 rings (SSSR count). The molecule has 5 aromatic rings. The number of halogens is 1. The van der Waals surface area contributed by atoms with Crippen LogP contribution in [0, 0.1) is 0 Å². The molecule has 1 amide bonds. The Morgan fingerprint density at radius 2 is 1.56 bits per heavy atom. The van der Waals surface area contributed by atoms with E-state index in [4.69, 9.17) is 21.1 Å². The Hall–Kier alpha value is -4.13. The van der Waals surface area contributed by atoms with E-state index in [2.05, 4.69) is 11.4 Å². The van der Waals surface area contributed by atoms with Crippen LogP contribution in [0.5, 0.6) is 5.75 Å². The lowest BCUT2D eigenvalue weighted by molar-refractivity contribution is -0.142. The first kappa shape index (κ1) is 26.5. The number of thiophene rings is 1. The molecular weight excluding hydrogens is 530 g/mol. The summed E-state index contributed by atoms with van der Waals surface area (Å²) in [6.45, 7) is 0.470. The molecule has 0 aliphatic carbocycles. The van der Waals surface area contributed by atoms with E-state index in [9.17, 15) is 9.59 Å². The summed E-state index contributed by atoms with van der Waals surface area (Å²) in [7, 11) is 1.32. The van der Waals surface area contributed by atoms with Gasteiger partial charge >= 0.3 is 5.97 Å². The number of benzene rings is 4. The molecule has 1 N–H and O–H groups in total. The molecule has 0 unspecified atom stereocenters. The number of carbonyl (C=O) groups excluding carboxylic acids is 2. The smallest absolute Gasteiger partial charge is 0.328 e. The van der Waals surface area contributed by atoms with Crippen LogP contribution in [0.3, 0.4) is 0 Å². The SMILES string of the molecule is COC(=O)[C@H](Cc1ccc(OCc2ccccc2)cc1)NC(=O)c1cc2ccc(-c3ccc(Cl)cc3)cc2s1. The van der Waals surface area contributed by atoms with Gasteiger partial charge in [0, 0.05) is 16.1 Å². The van der Waals surface area contributed by atoms with Crippen molar-refractivity contribution in [3.8, 4) is 16.9 Å². The van der Waals surface area contributed by atoms with Gasteiger partial charge in [-0.25, -0.2) is 4.79 Å². The third-order valence-electron chi connectivity index (χ3n) is 6.32. The summed E-state index contributed by atoms with van der Waals surface area (Å²) < 4.78 is 11.8. The molecule has 0 saturated heterocycles. The number of amides is 1. The van der Waals surface area contributed by atoms with Crippen molar-refractivity contribution in [2.45, 2.75) is 19.1 Å². The summed E-state index contributed by atoms with van der Waals surface area (Å²) in [5.74, 6) is -0.0918. The molecule has 1 aromatic heterocycles. The Kier molecular flexibility index (Phi) is 8.25. The van der Waals surface area contributed by atoms with Crippen molar-refractivity contribution in [1.82, 2.24) is 5.32 Å². The molecule has 0 fully saturated rings. The molecule has 0 saturated carbocycles. The van der Waals surface area contributed by atoms with Gasteiger partial charge in [0.25, 0.3) is 5.91 Å². The van der Waals surface area contributed by atoms with Crippen molar-refractivity contribution >= 4 is 44.9 Å². The summed E-state index contributed by atoms with van der Waals surface area (Å²) in [5.41, 5.74) is 4.04. The average molecular weight is 556 g/mol. The minimum Gasteiger partial charge on any atom is -0.489 e. The first-order chi connectivity index (χ1) is 19.0. The second kappa shape index (κ2) is 12.2. The van der Waals surface area contributed by atoms with E-state index in [1.54, 1.807) is 0 Å². The highest BCUT2D eigenvalue weighted by atomic mass is 35.5. The van der Waals surface area contributed by atoms with Gasteiger partial charge in [0.1, 0.15) is 18.4 Å². The largest absolute Gasteiger partial charge is 0.489 e. The van der Waals surface area contributed by atoms with Gasteiger partial charge in [-0.15, -0.1) is 11.3 Å². The zero-order chi connectivity index (χ0) is 27.2. The fraction of sp³-hybridized carbons (Fsp3) is 0.125. The van der Waals surface area contributed by atoms with Gasteiger partial charge in [-0.05, 0) is 64.0 Å². The molecule has 4 aromatic carbocycles. The molecule has 0 bridgehead atoms.